The Bertz CT molecular complexity index is 410. The molecule has 0 aliphatic rings. The highest BCUT2D eigenvalue weighted by molar-refractivity contribution is 5.95. The number of halogens is 2. The van der Waals surface area contributed by atoms with E-state index in [4.69, 9.17) is 5.73 Å². The van der Waals surface area contributed by atoms with Crippen molar-refractivity contribution >= 4 is 5.91 Å². The molecule has 1 unspecified atom stereocenters. The van der Waals surface area contributed by atoms with E-state index in [2.05, 4.69) is 5.32 Å². The average molecular weight is 242 g/mol. The Morgan fingerprint density at radius 2 is 1.82 bits per heavy atom. The summed E-state index contributed by atoms with van der Waals surface area (Å²) in [7, 11) is 0. The van der Waals surface area contributed by atoms with Gasteiger partial charge in [0, 0.05) is 11.6 Å². The van der Waals surface area contributed by atoms with Crippen LogP contribution in [0.2, 0.25) is 0 Å². The predicted molar refractivity (Wildman–Crippen MR) is 61.6 cm³/mol. The number of nitrogens with one attached hydrogen (secondary N) is 1. The SMILES string of the molecule is CC(N)C(C)(C)NC(=O)c1c(F)cccc1F. The Morgan fingerprint density at radius 1 is 1.35 bits per heavy atom. The molecule has 0 fully saturated rings. The number of amides is 1. The second-order valence-corrected chi connectivity index (χ2v) is 4.56. The molecule has 0 heterocycles. The van der Waals surface area contributed by atoms with Gasteiger partial charge in [0.25, 0.3) is 5.91 Å². The highest BCUT2D eigenvalue weighted by Gasteiger charge is 2.27. The molecule has 5 heteroatoms. The van der Waals surface area contributed by atoms with Crippen molar-refractivity contribution in [3.05, 3.63) is 35.4 Å². The highest BCUT2D eigenvalue weighted by Crippen LogP contribution is 2.14. The molecular weight excluding hydrogens is 226 g/mol. The molecular formula is C12H16F2N2O. The molecule has 3 nitrogen and oxygen atoms in total. The number of rotatable bonds is 3. The summed E-state index contributed by atoms with van der Waals surface area (Å²) in [4.78, 5) is 11.8. The summed E-state index contributed by atoms with van der Waals surface area (Å²) in [6.07, 6.45) is 0. The van der Waals surface area contributed by atoms with E-state index < -0.39 is 28.6 Å². The van der Waals surface area contributed by atoms with Crippen LogP contribution in [0, 0.1) is 11.6 Å². The number of benzene rings is 1. The van der Waals surface area contributed by atoms with E-state index in [1.54, 1.807) is 20.8 Å². The van der Waals surface area contributed by atoms with Crippen LogP contribution in [0.4, 0.5) is 8.78 Å². The van der Waals surface area contributed by atoms with Gasteiger partial charge in [-0.1, -0.05) is 6.07 Å². The van der Waals surface area contributed by atoms with Crippen LogP contribution in [-0.4, -0.2) is 17.5 Å². The first-order chi connectivity index (χ1) is 7.75. The molecule has 1 amide bonds. The molecule has 1 aromatic rings. The van der Waals surface area contributed by atoms with Crippen molar-refractivity contribution in [2.75, 3.05) is 0 Å². The van der Waals surface area contributed by atoms with Crippen LogP contribution in [0.15, 0.2) is 18.2 Å². The van der Waals surface area contributed by atoms with Crippen LogP contribution in [0.3, 0.4) is 0 Å². The van der Waals surface area contributed by atoms with E-state index >= 15 is 0 Å². The zero-order chi connectivity index (χ0) is 13.2. The Labute approximate surface area is 99.0 Å². The summed E-state index contributed by atoms with van der Waals surface area (Å²) in [6, 6.07) is 2.94. The van der Waals surface area contributed by atoms with Crippen molar-refractivity contribution in [2.24, 2.45) is 5.73 Å². The van der Waals surface area contributed by atoms with Crippen LogP contribution in [-0.2, 0) is 0 Å². The molecule has 1 aromatic carbocycles. The Balaban J connectivity index is 2.99. The molecule has 0 radical (unpaired) electrons. The lowest BCUT2D eigenvalue weighted by Gasteiger charge is -2.30. The monoisotopic (exact) mass is 242 g/mol. The Kier molecular flexibility index (Phi) is 3.83. The highest BCUT2D eigenvalue weighted by atomic mass is 19.1. The van der Waals surface area contributed by atoms with Crippen LogP contribution in [0.5, 0.6) is 0 Å². The first kappa shape index (κ1) is 13.6. The minimum absolute atomic E-state index is 0.346. The van der Waals surface area contributed by atoms with Gasteiger partial charge in [0.05, 0.1) is 0 Å². The van der Waals surface area contributed by atoms with Gasteiger partial charge in [0.15, 0.2) is 0 Å². The fourth-order valence-corrected chi connectivity index (χ4v) is 1.18. The van der Waals surface area contributed by atoms with Crippen molar-refractivity contribution in [1.82, 2.24) is 5.32 Å². The third-order valence-corrected chi connectivity index (χ3v) is 2.76. The van der Waals surface area contributed by atoms with Crippen LogP contribution < -0.4 is 11.1 Å². The molecule has 0 aliphatic carbocycles. The van der Waals surface area contributed by atoms with Crippen LogP contribution in [0.25, 0.3) is 0 Å². The van der Waals surface area contributed by atoms with E-state index in [0.717, 1.165) is 12.1 Å². The molecule has 94 valence electrons. The lowest BCUT2D eigenvalue weighted by Crippen LogP contribution is -2.54. The lowest BCUT2D eigenvalue weighted by molar-refractivity contribution is 0.0894. The minimum Gasteiger partial charge on any atom is -0.345 e. The topological polar surface area (TPSA) is 55.1 Å². The summed E-state index contributed by atoms with van der Waals surface area (Å²) < 4.78 is 26.7. The van der Waals surface area contributed by atoms with E-state index in [-0.39, 0.29) is 6.04 Å². The maximum atomic E-state index is 13.3. The normalized spacial score (nSPS) is 13.3. The Morgan fingerprint density at radius 3 is 2.24 bits per heavy atom. The third-order valence-electron chi connectivity index (χ3n) is 2.76. The largest absolute Gasteiger partial charge is 0.345 e. The van der Waals surface area contributed by atoms with Gasteiger partial charge >= 0.3 is 0 Å². The molecule has 0 saturated heterocycles. The molecule has 0 aromatic heterocycles. The Hall–Kier alpha value is -1.49. The van der Waals surface area contributed by atoms with Gasteiger partial charge in [-0.05, 0) is 32.9 Å². The number of hydrogen-bond donors (Lipinski definition) is 2. The van der Waals surface area contributed by atoms with Gasteiger partial charge < -0.3 is 11.1 Å². The summed E-state index contributed by atoms with van der Waals surface area (Å²) in [5, 5.41) is 2.51. The quantitative estimate of drug-likeness (QED) is 0.849. The molecule has 1 rings (SSSR count). The van der Waals surface area contributed by atoms with Crippen molar-refractivity contribution in [1.29, 1.82) is 0 Å². The molecule has 17 heavy (non-hydrogen) atoms. The third kappa shape index (κ3) is 3.00. The van der Waals surface area contributed by atoms with Crippen molar-refractivity contribution in [3.63, 3.8) is 0 Å². The van der Waals surface area contributed by atoms with Gasteiger partial charge in [-0.2, -0.15) is 0 Å². The molecule has 0 aliphatic heterocycles. The van der Waals surface area contributed by atoms with E-state index in [9.17, 15) is 13.6 Å². The fourth-order valence-electron chi connectivity index (χ4n) is 1.18. The smallest absolute Gasteiger partial charge is 0.257 e. The van der Waals surface area contributed by atoms with Crippen molar-refractivity contribution in [2.45, 2.75) is 32.4 Å². The van der Waals surface area contributed by atoms with Crippen molar-refractivity contribution in [3.8, 4) is 0 Å². The maximum Gasteiger partial charge on any atom is 0.257 e. The fraction of sp³-hybridized carbons (Fsp3) is 0.417. The van der Waals surface area contributed by atoms with E-state index in [1.807, 2.05) is 0 Å². The summed E-state index contributed by atoms with van der Waals surface area (Å²) in [6.45, 7) is 5.08. The first-order valence-corrected chi connectivity index (χ1v) is 5.28. The zero-order valence-electron chi connectivity index (χ0n) is 10.1. The van der Waals surface area contributed by atoms with Gasteiger partial charge in [0.2, 0.25) is 0 Å². The zero-order valence-corrected chi connectivity index (χ0v) is 10.1. The summed E-state index contributed by atoms with van der Waals surface area (Å²) >= 11 is 0. The second-order valence-electron chi connectivity index (χ2n) is 4.56. The lowest BCUT2D eigenvalue weighted by atomic mass is 9.96. The van der Waals surface area contributed by atoms with E-state index in [1.165, 1.54) is 6.07 Å². The number of hydrogen-bond acceptors (Lipinski definition) is 2. The van der Waals surface area contributed by atoms with Crippen LogP contribution >= 0.6 is 0 Å². The molecule has 0 bridgehead atoms. The molecule has 0 saturated carbocycles. The molecule has 1 atom stereocenters. The van der Waals surface area contributed by atoms with Gasteiger partial charge in [0.1, 0.15) is 17.2 Å². The number of nitrogens with two attached hydrogens (primary N) is 1. The molecule has 3 N–H and O–H groups in total. The molecule has 0 spiro atoms. The van der Waals surface area contributed by atoms with E-state index in [0.29, 0.717) is 0 Å². The number of carbonyl (C=O) groups excluding carboxylic acids is 1. The summed E-state index contributed by atoms with van der Waals surface area (Å²) in [5.41, 5.74) is 4.34. The van der Waals surface area contributed by atoms with Crippen molar-refractivity contribution < 1.29 is 13.6 Å². The van der Waals surface area contributed by atoms with Gasteiger partial charge in [-0.3, -0.25) is 4.79 Å². The maximum absolute atomic E-state index is 13.3. The predicted octanol–water partition coefficient (Wildman–Crippen LogP) is 1.82. The summed E-state index contributed by atoms with van der Waals surface area (Å²) in [5.74, 6) is -2.58. The van der Waals surface area contributed by atoms with Gasteiger partial charge in [-0.25, -0.2) is 8.78 Å². The van der Waals surface area contributed by atoms with Gasteiger partial charge in [-0.15, -0.1) is 0 Å². The standard InChI is InChI=1S/C12H16F2N2O/c1-7(15)12(2,3)16-11(17)10-8(13)5-4-6-9(10)14/h4-7H,15H2,1-3H3,(H,16,17). The van der Waals surface area contributed by atoms with Crippen LogP contribution in [0.1, 0.15) is 31.1 Å². The number of carbonyl (C=O) groups is 1. The second kappa shape index (κ2) is 4.79. The average Bonchev–Trinajstić information content (AvgIpc) is 2.15. The first-order valence-electron chi connectivity index (χ1n) is 5.28. The minimum atomic E-state index is -0.886.